The third-order valence-electron chi connectivity index (χ3n) is 5.73. The fourth-order valence-electron chi connectivity index (χ4n) is 3.95. The van der Waals surface area contributed by atoms with Crippen molar-refractivity contribution in [2.45, 2.75) is 50.8 Å². The standard InChI is InChI=1S/C26H34O9/c1-3-33-24-14-23(31-2)18(13-21(24)22(8-10-27)35-25(15-28)26(29)30)12-17-4-6-19(7-5-17)34-20-9-11-32-16-20/h4-7,10,13-14,20,22,25-26,28-30H,3,8-9,11-12,15-16H2,1-2H3. The number of carbonyl (C=O) groups is 1. The van der Waals surface area contributed by atoms with E-state index >= 15 is 0 Å². The average molecular weight is 491 g/mol. The highest BCUT2D eigenvalue weighted by Crippen LogP contribution is 2.37. The summed E-state index contributed by atoms with van der Waals surface area (Å²) >= 11 is 0. The largest absolute Gasteiger partial charge is 0.496 e. The second-order valence-electron chi connectivity index (χ2n) is 8.22. The summed E-state index contributed by atoms with van der Waals surface area (Å²) in [7, 11) is 1.57. The fraction of sp³-hybridized carbons (Fsp3) is 0.500. The monoisotopic (exact) mass is 490 g/mol. The van der Waals surface area contributed by atoms with Crippen LogP contribution in [0.15, 0.2) is 36.4 Å². The molecule has 1 fully saturated rings. The van der Waals surface area contributed by atoms with Gasteiger partial charge in [-0.2, -0.15) is 0 Å². The van der Waals surface area contributed by atoms with E-state index in [2.05, 4.69) is 0 Å². The van der Waals surface area contributed by atoms with Gasteiger partial charge in [-0.15, -0.1) is 0 Å². The van der Waals surface area contributed by atoms with Crippen molar-refractivity contribution >= 4 is 6.29 Å². The molecule has 0 saturated carbocycles. The summed E-state index contributed by atoms with van der Waals surface area (Å²) in [5.74, 6) is 1.83. The molecule has 3 rings (SSSR count). The molecule has 3 unspecified atom stereocenters. The number of hydrogen-bond donors (Lipinski definition) is 3. The highest BCUT2D eigenvalue weighted by Gasteiger charge is 2.26. The van der Waals surface area contributed by atoms with Crippen LogP contribution in [0.2, 0.25) is 0 Å². The van der Waals surface area contributed by atoms with Crippen molar-refractivity contribution in [3.8, 4) is 17.2 Å². The Morgan fingerprint density at radius 3 is 2.51 bits per heavy atom. The zero-order valence-corrected chi connectivity index (χ0v) is 20.1. The summed E-state index contributed by atoms with van der Waals surface area (Å²) in [6.07, 6.45) is -1.96. The number of methoxy groups -OCH3 is 1. The molecule has 35 heavy (non-hydrogen) atoms. The van der Waals surface area contributed by atoms with E-state index in [0.29, 0.717) is 49.6 Å². The number of ether oxygens (including phenoxy) is 5. The number of carbonyl (C=O) groups excluding carboxylic acids is 1. The summed E-state index contributed by atoms with van der Waals surface area (Å²) in [6, 6.07) is 11.4. The smallest absolute Gasteiger partial charge is 0.180 e. The fourth-order valence-corrected chi connectivity index (χ4v) is 3.95. The first-order valence-electron chi connectivity index (χ1n) is 11.7. The maximum absolute atomic E-state index is 11.4. The molecule has 9 nitrogen and oxygen atoms in total. The quantitative estimate of drug-likeness (QED) is 0.270. The molecule has 9 heteroatoms. The summed E-state index contributed by atoms with van der Waals surface area (Å²) in [4.78, 5) is 11.4. The molecular formula is C26H34O9. The molecule has 0 aromatic heterocycles. The lowest BCUT2D eigenvalue weighted by atomic mass is 9.97. The number of aliphatic hydroxyl groups excluding tert-OH is 2. The molecule has 0 radical (unpaired) electrons. The van der Waals surface area contributed by atoms with Crippen LogP contribution >= 0.6 is 0 Å². The van der Waals surface area contributed by atoms with Gasteiger partial charge in [-0.25, -0.2) is 0 Å². The van der Waals surface area contributed by atoms with Crippen molar-refractivity contribution in [1.29, 1.82) is 0 Å². The maximum Gasteiger partial charge on any atom is 0.180 e. The van der Waals surface area contributed by atoms with Gasteiger partial charge in [0.15, 0.2) is 6.29 Å². The first-order chi connectivity index (χ1) is 17.0. The Labute approximate surface area is 205 Å². The minimum absolute atomic E-state index is 0.0635. The van der Waals surface area contributed by atoms with Crippen molar-refractivity contribution in [3.63, 3.8) is 0 Å². The van der Waals surface area contributed by atoms with Gasteiger partial charge in [0.05, 0.1) is 39.6 Å². The molecule has 0 spiro atoms. The number of hydrogen-bond acceptors (Lipinski definition) is 9. The summed E-state index contributed by atoms with van der Waals surface area (Å²) in [5, 5.41) is 28.5. The minimum atomic E-state index is -1.90. The van der Waals surface area contributed by atoms with E-state index in [1.165, 1.54) is 0 Å². The molecule has 0 aliphatic carbocycles. The summed E-state index contributed by atoms with van der Waals surface area (Å²) < 4.78 is 28.4. The zero-order chi connectivity index (χ0) is 25.2. The van der Waals surface area contributed by atoms with Crippen LogP contribution < -0.4 is 14.2 Å². The van der Waals surface area contributed by atoms with Crippen LogP contribution in [-0.4, -0.2) is 73.6 Å². The maximum atomic E-state index is 11.4. The normalized spacial score (nSPS) is 17.3. The van der Waals surface area contributed by atoms with E-state index in [1.807, 2.05) is 37.3 Å². The predicted octanol–water partition coefficient (Wildman–Crippen LogP) is 2.17. The van der Waals surface area contributed by atoms with Crippen LogP contribution in [0.25, 0.3) is 0 Å². The van der Waals surface area contributed by atoms with Crippen molar-refractivity contribution < 1.29 is 43.8 Å². The molecule has 3 atom stereocenters. The SMILES string of the molecule is CCOc1cc(OC)c(Cc2ccc(OC3CCOC3)cc2)cc1C(CC=O)OC(CO)C(O)O. The van der Waals surface area contributed by atoms with Crippen LogP contribution in [0.3, 0.4) is 0 Å². The lowest BCUT2D eigenvalue weighted by Crippen LogP contribution is -2.33. The molecule has 0 bridgehead atoms. The summed E-state index contributed by atoms with van der Waals surface area (Å²) in [5.41, 5.74) is 2.39. The number of benzene rings is 2. The van der Waals surface area contributed by atoms with Crippen molar-refractivity contribution in [1.82, 2.24) is 0 Å². The van der Waals surface area contributed by atoms with E-state index in [0.717, 1.165) is 23.3 Å². The molecule has 0 amide bonds. The molecule has 1 aliphatic heterocycles. The highest BCUT2D eigenvalue weighted by molar-refractivity contribution is 5.55. The van der Waals surface area contributed by atoms with Gasteiger partial charge in [0.25, 0.3) is 0 Å². The third-order valence-corrected chi connectivity index (χ3v) is 5.73. The molecule has 2 aromatic carbocycles. The van der Waals surface area contributed by atoms with Gasteiger partial charge in [0.2, 0.25) is 0 Å². The number of aldehydes is 1. The molecule has 2 aromatic rings. The van der Waals surface area contributed by atoms with Gasteiger partial charge >= 0.3 is 0 Å². The van der Waals surface area contributed by atoms with Crippen molar-refractivity contribution in [2.75, 3.05) is 33.5 Å². The Balaban J connectivity index is 1.88. The van der Waals surface area contributed by atoms with Gasteiger partial charge in [-0.05, 0) is 36.2 Å². The Hall–Kier alpha value is -2.69. The van der Waals surface area contributed by atoms with Crippen LogP contribution in [0, 0.1) is 0 Å². The predicted molar refractivity (Wildman–Crippen MR) is 127 cm³/mol. The van der Waals surface area contributed by atoms with Gasteiger partial charge in [-0.3, -0.25) is 0 Å². The molecular weight excluding hydrogens is 456 g/mol. The Morgan fingerprint density at radius 1 is 1.17 bits per heavy atom. The molecule has 1 saturated heterocycles. The molecule has 1 aliphatic rings. The van der Waals surface area contributed by atoms with Crippen LogP contribution in [0.4, 0.5) is 0 Å². The van der Waals surface area contributed by atoms with Crippen LogP contribution in [0.1, 0.15) is 42.6 Å². The third kappa shape index (κ3) is 7.39. The lowest BCUT2D eigenvalue weighted by molar-refractivity contribution is -0.179. The van der Waals surface area contributed by atoms with E-state index in [4.69, 9.17) is 23.7 Å². The van der Waals surface area contributed by atoms with Gasteiger partial charge < -0.3 is 43.8 Å². The lowest BCUT2D eigenvalue weighted by Gasteiger charge is -2.26. The number of aliphatic hydroxyl groups is 3. The van der Waals surface area contributed by atoms with Crippen molar-refractivity contribution in [2.24, 2.45) is 0 Å². The Bertz CT molecular complexity index is 923. The van der Waals surface area contributed by atoms with E-state index in [1.54, 1.807) is 13.2 Å². The molecule has 192 valence electrons. The second-order valence-corrected chi connectivity index (χ2v) is 8.22. The van der Waals surface area contributed by atoms with E-state index < -0.39 is 25.1 Å². The Morgan fingerprint density at radius 2 is 1.94 bits per heavy atom. The van der Waals surface area contributed by atoms with Gasteiger partial charge in [0, 0.05) is 30.9 Å². The first-order valence-corrected chi connectivity index (χ1v) is 11.7. The van der Waals surface area contributed by atoms with Crippen molar-refractivity contribution in [3.05, 3.63) is 53.1 Å². The Kier molecular flexibility index (Phi) is 10.3. The van der Waals surface area contributed by atoms with Gasteiger partial charge in [-0.1, -0.05) is 12.1 Å². The highest BCUT2D eigenvalue weighted by atomic mass is 16.6. The average Bonchev–Trinajstić information content (AvgIpc) is 3.36. The molecule has 3 N–H and O–H groups in total. The van der Waals surface area contributed by atoms with E-state index in [-0.39, 0.29) is 12.5 Å². The minimum Gasteiger partial charge on any atom is -0.496 e. The van der Waals surface area contributed by atoms with Gasteiger partial charge in [0.1, 0.15) is 35.7 Å². The number of rotatable bonds is 14. The zero-order valence-electron chi connectivity index (χ0n) is 20.1. The topological polar surface area (TPSA) is 124 Å². The second kappa shape index (κ2) is 13.4. The van der Waals surface area contributed by atoms with Crippen LogP contribution in [-0.2, 0) is 20.7 Å². The first kappa shape index (κ1) is 26.9. The molecule has 1 heterocycles. The van der Waals surface area contributed by atoms with Crippen LogP contribution in [0.5, 0.6) is 17.2 Å². The van der Waals surface area contributed by atoms with E-state index in [9.17, 15) is 20.1 Å². The summed E-state index contributed by atoms with van der Waals surface area (Å²) in [6.45, 7) is 2.88.